The van der Waals surface area contributed by atoms with Crippen LogP contribution in [0.3, 0.4) is 0 Å². The first-order chi connectivity index (χ1) is 17.2. The van der Waals surface area contributed by atoms with Gasteiger partial charge in [0.15, 0.2) is 4.80 Å². The van der Waals surface area contributed by atoms with Crippen molar-refractivity contribution in [3.05, 3.63) is 79.6 Å². The number of hydrogen-bond donors (Lipinski definition) is 1. The fourth-order valence-electron chi connectivity index (χ4n) is 3.95. The number of rotatable bonds is 6. The normalized spacial score (nSPS) is 15.4. The van der Waals surface area contributed by atoms with E-state index in [0.717, 1.165) is 5.56 Å². The van der Waals surface area contributed by atoms with E-state index in [1.807, 2.05) is 0 Å². The number of carbonyl (C=O) groups excluding carboxylic acids is 1. The summed E-state index contributed by atoms with van der Waals surface area (Å²) >= 11 is 5.34. The summed E-state index contributed by atoms with van der Waals surface area (Å²) in [6.07, 6.45) is 1.76. The SMILES string of the molecule is CCOC(=O)C1=C(C)N=c2s/c(=C\c3cc(I)c(O)c(I)c3)c(=O)n2[C@H]1c1ccc(OC)cc1OC. The minimum atomic E-state index is -0.802. The Bertz CT molecular complexity index is 1550. The van der Waals surface area contributed by atoms with Gasteiger partial charge in [0.05, 0.1) is 43.8 Å². The van der Waals surface area contributed by atoms with Gasteiger partial charge in [-0.2, -0.15) is 0 Å². The standard InChI is InChI=1S/C25H22I2N2O6S/c1-5-35-24(32)20-12(2)28-25-29(21(20)15-7-6-14(33-3)11-18(15)34-4)23(31)19(36-25)10-13-8-16(26)22(30)17(27)9-13/h6-11,21,30H,5H2,1-4H3/b19-10-/t21-/m0/s1. The minimum absolute atomic E-state index is 0.185. The van der Waals surface area contributed by atoms with Crippen molar-refractivity contribution < 1.29 is 24.1 Å². The zero-order valence-corrected chi connectivity index (χ0v) is 24.9. The van der Waals surface area contributed by atoms with Crippen LogP contribution >= 0.6 is 56.5 Å². The second-order valence-electron chi connectivity index (χ2n) is 7.74. The smallest absolute Gasteiger partial charge is 0.338 e. The molecule has 1 N–H and O–H groups in total. The zero-order valence-electron chi connectivity index (χ0n) is 19.8. The molecule has 1 aromatic heterocycles. The maximum atomic E-state index is 13.8. The maximum absolute atomic E-state index is 13.8. The molecule has 1 aliphatic heterocycles. The third kappa shape index (κ3) is 4.92. The third-order valence-electron chi connectivity index (χ3n) is 5.59. The Morgan fingerprint density at radius 2 is 1.89 bits per heavy atom. The summed E-state index contributed by atoms with van der Waals surface area (Å²) < 4.78 is 19.6. The third-order valence-corrected chi connectivity index (χ3v) is 8.22. The first-order valence-electron chi connectivity index (χ1n) is 10.8. The van der Waals surface area contributed by atoms with Crippen molar-refractivity contribution in [3.63, 3.8) is 0 Å². The highest BCUT2D eigenvalue weighted by molar-refractivity contribution is 14.1. The number of ether oxygens (including phenoxy) is 3. The van der Waals surface area contributed by atoms with Crippen LogP contribution in [0.1, 0.15) is 31.0 Å². The summed E-state index contributed by atoms with van der Waals surface area (Å²) in [6.45, 7) is 3.65. The van der Waals surface area contributed by atoms with Crippen LogP contribution in [0.25, 0.3) is 6.08 Å². The summed E-state index contributed by atoms with van der Waals surface area (Å²) in [4.78, 5) is 31.9. The van der Waals surface area contributed by atoms with Crippen LogP contribution in [0.15, 0.2) is 51.4 Å². The Balaban J connectivity index is 2.00. The van der Waals surface area contributed by atoms with Crippen molar-refractivity contribution >= 4 is 68.6 Å². The number of methoxy groups -OCH3 is 2. The van der Waals surface area contributed by atoms with Gasteiger partial charge in [-0.15, -0.1) is 0 Å². The lowest BCUT2D eigenvalue weighted by atomic mass is 9.95. The van der Waals surface area contributed by atoms with Crippen LogP contribution in [-0.2, 0) is 9.53 Å². The van der Waals surface area contributed by atoms with Crippen LogP contribution in [0.2, 0.25) is 0 Å². The number of allylic oxidation sites excluding steroid dienone is 1. The maximum Gasteiger partial charge on any atom is 0.338 e. The lowest BCUT2D eigenvalue weighted by Crippen LogP contribution is -2.40. The number of nitrogens with zero attached hydrogens (tertiary/aromatic N) is 2. The average Bonchev–Trinajstić information content (AvgIpc) is 3.15. The molecular weight excluding hydrogens is 710 g/mol. The number of carbonyl (C=O) groups is 1. The number of thiazole rings is 1. The fourth-order valence-corrected chi connectivity index (χ4v) is 6.81. The zero-order chi connectivity index (χ0) is 26.1. The molecule has 2 aromatic carbocycles. The molecule has 0 saturated carbocycles. The molecule has 2 heterocycles. The predicted molar refractivity (Wildman–Crippen MR) is 153 cm³/mol. The van der Waals surface area contributed by atoms with E-state index in [4.69, 9.17) is 14.2 Å². The molecule has 0 fully saturated rings. The molecule has 3 aromatic rings. The molecule has 4 rings (SSSR count). The van der Waals surface area contributed by atoms with Gasteiger partial charge in [-0.1, -0.05) is 11.3 Å². The van der Waals surface area contributed by atoms with E-state index in [2.05, 4.69) is 50.2 Å². The molecule has 11 heteroatoms. The summed E-state index contributed by atoms with van der Waals surface area (Å²) in [5.41, 5.74) is 1.82. The van der Waals surface area contributed by atoms with E-state index in [1.165, 1.54) is 23.0 Å². The molecule has 1 aliphatic rings. The highest BCUT2D eigenvalue weighted by atomic mass is 127. The minimum Gasteiger partial charge on any atom is -0.506 e. The lowest BCUT2D eigenvalue weighted by molar-refractivity contribution is -0.139. The van der Waals surface area contributed by atoms with Gasteiger partial charge in [0.25, 0.3) is 5.56 Å². The molecule has 0 spiro atoms. The van der Waals surface area contributed by atoms with Gasteiger partial charge in [-0.05, 0) is 94.9 Å². The lowest BCUT2D eigenvalue weighted by Gasteiger charge is -2.26. The highest BCUT2D eigenvalue weighted by Crippen LogP contribution is 2.37. The predicted octanol–water partition coefficient (Wildman–Crippen LogP) is 3.73. The first-order valence-corrected chi connectivity index (χ1v) is 13.8. The number of phenolic OH excluding ortho intramolecular Hbond substituents is 1. The van der Waals surface area contributed by atoms with Crippen molar-refractivity contribution in [2.45, 2.75) is 19.9 Å². The number of phenols is 1. The van der Waals surface area contributed by atoms with Crippen molar-refractivity contribution in [1.29, 1.82) is 0 Å². The number of halogens is 2. The summed E-state index contributed by atoms with van der Waals surface area (Å²) in [5.74, 6) is 0.709. The van der Waals surface area contributed by atoms with Crippen molar-refractivity contribution in [3.8, 4) is 17.2 Å². The monoisotopic (exact) mass is 732 g/mol. The van der Waals surface area contributed by atoms with Gasteiger partial charge in [0, 0.05) is 11.6 Å². The first kappa shape index (κ1) is 26.7. The molecule has 0 aliphatic carbocycles. The molecule has 0 amide bonds. The molecule has 1 atom stereocenters. The largest absolute Gasteiger partial charge is 0.506 e. The second-order valence-corrected chi connectivity index (χ2v) is 11.1. The van der Waals surface area contributed by atoms with E-state index < -0.39 is 12.0 Å². The summed E-state index contributed by atoms with van der Waals surface area (Å²) in [6, 6.07) is 8.05. The van der Waals surface area contributed by atoms with Crippen molar-refractivity contribution in [2.24, 2.45) is 4.99 Å². The van der Waals surface area contributed by atoms with Gasteiger partial charge in [-0.25, -0.2) is 9.79 Å². The molecular formula is C25H22I2N2O6S. The molecule has 188 valence electrons. The van der Waals surface area contributed by atoms with Gasteiger partial charge >= 0.3 is 5.97 Å². The molecule has 0 bridgehead atoms. The van der Waals surface area contributed by atoms with E-state index in [-0.39, 0.29) is 23.5 Å². The number of aromatic nitrogens is 1. The molecule has 8 nitrogen and oxygen atoms in total. The molecule has 0 radical (unpaired) electrons. The van der Waals surface area contributed by atoms with Crippen LogP contribution < -0.4 is 24.4 Å². The number of hydrogen-bond acceptors (Lipinski definition) is 8. The average molecular weight is 732 g/mol. The van der Waals surface area contributed by atoms with Gasteiger partial charge in [0.2, 0.25) is 0 Å². The Morgan fingerprint density at radius 3 is 2.50 bits per heavy atom. The fraction of sp³-hybridized carbons (Fsp3) is 0.240. The Kier molecular flexibility index (Phi) is 8.09. The van der Waals surface area contributed by atoms with E-state index in [1.54, 1.807) is 57.4 Å². The Hall–Kier alpha value is -2.39. The number of fused-ring (bicyclic) bond motifs is 1. The van der Waals surface area contributed by atoms with E-state index in [0.29, 0.717) is 39.2 Å². The van der Waals surface area contributed by atoms with Crippen LogP contribution in [0, 0.1) is 7.14 Å². The Labute approximate surface area is 238 Å². The molecule has 0 unspecified atom stereocenters. The molecule has 0 saturated heterocycles. The van der Waals surface area contributed by atoms with Crippen LogP contribution in [-0.4, -0.2) is 36.5 Å². The van der Waals surface area contributed by atoms with Crippen molar-refractivity contribution in [2.75, 3.05) is 20.8 Å². The number of esters is 1. The second kappa shape index (κ2) is 10.9. The van der Waals surface area contributed by atoms with E-state index >= 15 is 0 Å². The van der Waals surface area contributed by atoms with Crippen LogP contribution in [0.5, 0.6) is 17.2 Å². The summed E-state index contributed by atoms with van der Waals surface area (Å²) in [7, 11) is 3.08. The van der Waals surface area contributed by atoms with Crippen LogP contribution in [0.4, 0.5) is 0 Å². The van der Waals surface area contributed by atoms with Gasteiger partial charge in [0.1, 0.15) is 23.3 Å². The number of benzene rings is 2. The highest BCUT2D eigenvalue weighted by Gasteiger charge is 2.35. The van der Waals surface area contributed by atoms with Gasteiger partial charge in [-0.3, -0.25) is 9.36 Å². The topological polar surface area (TPSA) is 99.4 Å². The molecule has 36 heavy (non-hydrogen) atoms. The van der Waals surface area contributed by atoms with E-state index in [9.17, 15) is 14.7 Å². The van der Waals surface area contributed by atoms with Gasteiger partial charge < -0.3 is 19.3 Å². The van der Waals surface area contributed by atoms with Crippen molar-refractivity contribution in [1.82, 2.24) is 4.57 Å². The summed E-state index contributed by atoms with van der Waals surface area (Å²) in [5, 5.41) is 10.1. The quantitative estimate of drug-likeness (QED) is 0.307. The number of aromatic hydroxyl groups is 1. The Morgan fingerprint density at radius 1 is 1.19 bits per heavy atom.